The average Bonchev–Trinajstić information content (AvgIpc) is 2.88. The molecule has 0 amide bonds. The van der Waals surface area contributed by atoms with Crippen molar-refractivity contribution in [3.8, 4) is 0 Å². The highest BCUT2D eigenvalue weighted by Crippen LogP contribution is 2.26. The predicted molar refractivity (Wildman–Crippen MR) is 189 cm³/mol. The molecule has 0 saturated carbocycles. The van der Waals surface area contributed by atoms with Gasteiger partial charge in [0.1, 0.15) is 0 Å². The molecule has 0 fully saturated rings. The SMILES string of the molecule is C/C(=C\CC[C@@H](O)[C@@](C)(O)CCC[C@H](C)CCC[C@H](C)CCCC(C)C)CCC[C@H](C)CCC[C@H](C)CCCC(C)C. The Labute approximate surface area is 266 Å². The van der Waals surface area contributed by atoms with Crippen molar-refractivity contribution in [2.75, 3.05) is 0 Å². The van der Waals surface area contributed by atoms with Crippen molar-refractivity contribution in [2.45, 2.75) is 209 Å². The summed E-state index contributed by atoms with van der Waals surface area (Å²) >= 11 is 0. The standard InChI is InChI=1S/C40H80O2/c1-32(2)18-11-20-34(5)22-13-24-36(7)25-14-26-37(8)28-16-30-39(41)40(10,42)31-17-29-38(9)27-15-23-35(6)21-12-19-33(3)4/h28,32-36,38-39,41-42H,11-27,29-31H2,1-10H3/b37-28+/t34-,35-,36-,38-,39-,40+/m1/s1. The molecule has 252 valence electrons. The lowest BCUT2D eigenvalue weighted by Crippen LogP contribution is -2.39. The summed E-state index contributed by atoms with van der Waals surface area (Å²) in [5, 5.41) is 21.7. The van der Waals surface area contributed by atoms with E-state index >= 15 is 0 Å². The Balaban J connectivity index is 4.00. The van der Waals surface area contributed by atoms with Crippen molar-refractivity contribution in [2.24, 2.45) is 35.5 Å². The molecule has 2 N–H and O–H groups in total. The van der Waals surface area contributed by atoms with Crippen molar-refractivity contribution in [3.05, 3.63) is 11.6 Å². The predicted octanol–water partition coefficient (Wildman–Crippen LogP) is 12.7. The van der Waals surface area contributed by atoms with Crippen LogP contribution in [0.25, 0.3) is 0 Å². The normalized spacial score (nSPS) is 17.8. The van der Waals surface area contributed by atoms with Gasteiger partial charge in [-0.2, -0.15) is 0 Å². The summed E-state index contributed by atoms with van der Waals surface area (Å²) < 4.78 is 0. The molecule has 0 aliphatic rings. The summed E-state index contributed by atoms with van der Waals surface area (Å²) in [4.78, 5) is 0. The molecule has 0 unspecified atom stereocenters. The first kappa shape index (κ1) is 41.7. The zero-order valence-electron chi connectivity index (χ0n) is 30.7. The second kappa shape index (κ2) is 24.9. The topological polar surface area (TPSA) is 40.5 Å². The lowest BCUT2D eigenvalue weighted by molar-refractivity contribution is -0.0712. The van der Waals surface area contributed by atoms with Crippen LogP contribution < -0.4 is 0 Å². The van der Waals surface area contributed by atoms with Crippen LogP contribution >= 0.6 is 0 Å². The van der Waals surface area contributed by atoms with Gasteiger partial charge in [-0.1, -0.05) is 163 Å². The lowest BCUT2D eigenvalue weighted by Gasteiger charge is -2.29. The largest absolute Gasteiger partial charge is 0.390 e. The molecule has 0 aliphatic heterocycles. The van der Waals surface area contributed by atoms with E-state index in [1.165, 1.54) is 95.5 Å². The molecule has 42 heavy (non-hydrogen) atoms. The van der Waals surface area contributed by atoms with Gasteiger partial charge in [0.2, 0.25) is 0 Å². The Morgan fingerprint density at radius 3 is 1.31 bits per heavy atom. The molecular formula is C40H80O2. The van der Waals surface area contributed by atoms with Gasteiger partial charge < -0.3 is 10.2 Å². The van der Waals surface area contributed by atoms with Crippen molar-refractivity contribution in [1.82, 2.24) is 0 Å². The summed E-state index contributed by atoms with van der Waals surface area (Å²) in [6, 6.07) is 0. The fraction of sp³-hybridized carbons (Fsp3) is 0.950. The molecule has 0 saturated heterocycles. The molecule has 2 heteroatoms. The van der Waals surface area contributed by atoms with Crippen LogP contribution in [-0.2, 0) is 0 Å². The van der Waals surface area contributed by atoms with Crippen molar-refractivity contribution in [3.63, 3.8) is 0 Å². The van der Waals surface area contributed by atoms with Gasteiger partial charge in [-0.15, -0.1) is 0 Å². The van der Waals surface area contributed by atoms with E-state index in [4.69, 9.17) is 0 Å². The Morgan fingerprint density at radius 2 is 0.905 bits per heavy atom. The van der Waals surface area contributed by atoms with Gasteiger partial charge in [-0.25, -0.2) is 0 Å². The molecule has 0 aromatic rings. The van der Waals surface area contributed by atoms with Gasteiger partial charge in [-0.05, 0) is 81.5 Å². The van der Waals surface area contributed by atoms with Gasteiger partial charge in [0, 0.05) is 0 Å². The molecular weight excluding hydrogens is 512 g/mol. The number of aliphatic hydroxyl groups excluding tert-OH is 1. The minimum atomic E-state index is -0.978. The van der Waals surface area contributed by atoms with Gasteiger partial charge in [0.15, 0.2) is 0 Å². The first-order chi connectivity index (χ1) is 19.7. The molecule has 0 radical (unpaired) electrons. The molecule has 0 spiro atoms. The first-order valence-corrected chi connectivity index (χ1v) is 18.8. The molecule has 0 bridgehead atoms. The number of hydrogen-bond donors (Lipinski definition) is 2. The fourth-order valence-corrected chi connectivity index (χ4v) is 6.56. The zero-order chi connectivity index (χ0) is 32.0. The molecule has 0 aromatic carbocycles. The molecule has 2 nitrogen and oxygen atoms in total. The second-order valence-electron chi connectivity index (χ2n) is 16.2. The number of aliphatic hydroxyl groups is 2. The van der Waals surface area contributed by atoms with Gasteiger partial charge in [0.05, 0.1) is 11.7 Å². The van der Waals surface area contributed by atoms with E-state index in [1.807, 2.05) is 6.92 Å². The van der Waals surface area contributed by atoms with Crippen LogP contribution in [0, 0.1) is 35.5 Å². The third-order valence-electron chi connectivity index (χ3n) is 10.0. The Kier molecular flexibility index (Phi) is 24.7. The highest BCUT2D eigenvalue weighted by molar-refractivity contribution is 4.98. The van der Waals surface area contributed by atoms with E-state index in [0.717, 1.165) is 55.3 Å². The first-order valence-electron chi connectivity index (χ1n) is 18.8. The smallest absolute Gasteiger partial charge is 0.0877 e. The molecule has 0 rings (SSSR count). The van der Waals surface area contributed by atoms with Crippen molar-refractivity contribution >= 4 is 0 Å². The van der Waals surface area contributed by atoms with Crippen LogP contribution in [0.1, 0.15) is 198 Å². The maximum atomic E-state index is 10.9. The summed E-state index contributed by atoms with van der Waals surface area (Å²) in [6.45, 7) is 23.0. The average molecular weight is 593 g/mol. The lowest BCUT2D eigenvalue weighted by atomic mass is 9.87. The molecule has 6 atom stereocenters. The van der Waals surface area contributed by atoms with E-state index in [9.17, 15) is 10.2 Å². The Hall–Kier alpha value is -0.340. The van der Waals surface area contributed by atoms with E-state index in [2.05, 4.69) is 68.4 Å². The van der Waals surface area contributed by atoms with Gasteiger partial charge in [0.25, 0.3) is 0 Å². The minimum Gasteiger partial charge on any atom is -0.390 e. The Bertz CT molecular complexity index is 634. The molecule has 0 aliphatic carbocycles. The van der Waals surface area contributed by atoms with Crippen LogP contribution in [-0.4, -0.2) is 21.9 Å². The van der Waals surface area contributed by atoms with Gasteiger partial charge >= 0.3 is 0 Å². The van der Waals surface area contributed by atoms with E-state index in [0.29, 0.717) is 18.8 Å². The van der Waals surface area contributed by atoms with E-state index in [-0.39, 0.29) is 0 Å². The molecule has 0 heterocycles. The summed E-state index contributed by atoms with van der Waals surface area (Å²) in [5.74, 6) is 4.93. The zero-order valence-corrected chi connectivity index (χ0v) is 30.7. The summed E-state index contributed by atoms with van der Waals surface area (Å²) in [5.41, 5.74) is 0.462. The highest BCUT2D eigenvalue weighted by atomic mass is 16.3. The van der Waals surface area contributed by atoms with Crippen LogP contribution in [0.4, 0.5) is 0 Å². The summed E-state index contributed by atoms with van der Waals surface area (Å²) in [6.07, 6.45) is 26.2. The highest BCUT2D eigenvalue weighted by Gasteiger charge is 2.29. The van der Waals surface area contributed by atoms with E-state index < -0.39 is 11.7 Å². The van der Waals surface area contributed by atoms with Crippen LogP contribution in [0.3, 0.4) is 0 Å². The van der Waals surface area contributed by atoms with Crippen LogP contribution in [0.15, 0.2) is 11.6 Å². The summed E-state index contributed by atoms with van der Waals surface area (Å²) in [7, 11) is 0. The van der Waals surface area contributed by atoms with Gasteiger partial charge in [-0.3, -0.25) is 0 Å². The quantitative estimate of drug-likeness (QED) is 0.0887. The van der Waals surface area contributed by atoms with Crippen LogP contribution in [0.2, 0.25) is 0 Å². The minimum absolute atomic E-state index is 0.642. The Morgan fingerprint density at radius 1 is 0.548 bits per heavy atom. The van der Waals surface area contributed by atoms with Crippen LogP contribution in [0.5, 0.6) is 0 Å². The van der Waals surface area contributed by atoms with Crippen molar-refractivity contribution in [1.29, 1.82) is 0 Å². The van der Waals surface area contributed by atoms with E-state index in [1.54, 1.807) is 0 Å². The third kappa shape index (κ3) is 25.0. The second-order valence-corrected chi connectivity index (χ2v) is 16.2. The number of rotatable bonds is 28. The number of hydrogen-bond acceptors (Lipinski definition) is 2. The maximum absolute atomic E-state index is 10.9. The molecule has 0 aromatic heterocycles. The van der Waals surface area contributed by atoms with Crippen molar-refractivity contribution < 1.29 is 10.2 Å². The maximum Gasteiger partial charge on any atom is 0.0877 e. The third-order valence-corrected chi connectivity index (χ3v) is 10.0. The monoisotopic (exact) mass is 593 g/mol. The fourth-order valence-electron chi connectivity index (χ4n) is 6.56. The number of allylic oxidation sites excluding steroid dienone is 2.